The minimum absolute atomic E-state index is 0.0580. The topological polar surface area (TPSA) is 3.24 Å². The van der Waals surface area contributed by atoms with Crippen LogP contribution < -0.4 is 4.90 Å². The highest BCUT2D eigenvalue weighted by Crippen LogP contribution is 2.58. The van der Waals surface area contributed by atoms with Gasteiger partial charge in [0.2, 0.25) is 0 Å². The van der Waals surface area contributed by atoms with Gasteiger partial charge in [-0.15, -0.1) is 0 Å². The zero-order valence-electron chi connectivity index (χ0n) is 34.4. The Morgan fingerprint density at radius 2 is 0.950 bits per heavy atom. The number of hydrogen-bond acceptors (Lipinski definition) is 1. The molecule has 1 saturated carbocycles. The van der Waals surface area contributed by atoms with Crippen LogP contribution in [0.15, 0.2) is 188 Å². The van der Waals surface area contributed by atoms with Crippen molar-refractivity contribution >= 4 is 38.6 Å². The van der Waals surface area contributed by atoms with Gasteiger partial charge < -0.3 is 4.90 Å². The van der Waals surface area contributed by atoms with Gasteiger partial charge in [-0.25, -0.2) is 0 Å². The maximum absolute atomic E-state index is 2.57. The standard InChI is InChI=1S/C59H47N/c1-58(2)53-26-11-8-22-47(53)50-24-16-25-51(57(50)58)49-23-10-13-28-56(49)60(42-33-34-48-46-21-9-12-27-54(46)59(55(48)38-42)35-14-3-15-36-59)41-31-29-39(30-32-41)52-37-40-17-4-5-18-43(40)44-19-6-7-20-45(44)52/h4-13,16-34,37-38H,3,14-15,35-36H2,1-2H3. The summed E-state index contributed by atoms with van der Waals surface area (Å²) in [5, 5.41) is 5.14. The summed E-state index contributed by atoms with van der Waals surface area (Å²) in [6.07, 6.45) is 6.27. The van der Waals surface area contributed by atoms with Gasteiger partial charge in [0.15, 0.2) is 0 Å². The normalized spacial score (nSPS) is 15.4. The van der Waals surface area contributed by atoms with Gasteiger partial charge in [0, 0.05) is 27.8 Å². The molecule has 60 heavy (non-hydrogen) atoms. The molecule has 1 spiro atoms. The van der Waals surface area contributed by atoms with E-state index in [9.17, 15) is 0 Å². The van der Waals surface area contributed by atoms with Crippen molar-refractivity contribution in [2.75, 3.05) is 4.90 Å². The summed E-state index contributed by atoms with van der Waals surface area (Å²) in [6, 6.07) is 71.1. The molecule has 0 radical (unpaired) electrons. The van der Waals surface area contributed by atoms with E-state index in [1.807, 2.05) is 0 Å². The van der Waals surface area contributed by atoms with Crippen LogP contribution in [0.25, 0.3) is 66.1 Å². The molecule has 9 aromatic rings. The van der Waals surface area contributed by atoms with E-state index in [0.29, 0.717) is 0 Å². The summed E-state index contributed by atoms with van der Waals surface area (Å²) in [5.74, 6) is 0. The first-order valence-electron chi connectivity index (χ1n) is 21.9. The number of benzene rings is 9. The van der Waals surface area contributed by atoms with Crippen LogP contribution in [0.4, 0.5) is 17.1 Å². The summed E-state index contributed by atoms with van der Waals surface area (Å²) in [4.78, 5) is 2.55. The number of fused-ring (bicyclic) bond motifs is 11. The van der Waals surface area contributed by atoms with E-state index in [-0.39, 0.29) is 10.8 Å². The lowest BCUT2D eigenvalue weighted by molar-refractivity contribution is 0.353. The molecule has 0 N–H and O–H groups in total. The third-order valence-corrected chi connectivity index (χ3v) is 14.4. The highest BCUT2D eigenvalue weighted by atomic mass is 15.1. The van der Waals surface area contributed by atoms with Gasteiger partial charge in [-0.05, 0) is 132 Å². The first kappa shape index (κ1) is 35.3. The van der Waals surface area contributed by atoms with Crippen molar-refractivity contribution < 1.29 is 0 Å². The Morgan fingerprint density at radius 3 is 1.73 bits per heavy atom. The largest absolute Gasteiger partial charge is 0.310 e. The Labute approximate surface area is 353 Å². The number of nitrogens with zero attached hydrogens (tertiary/aromatic N) is 1. The van der Waals surface area contributed by atoms with Gasteiger partial charge in [0.1, 0.15) is 0 Å². The Balaban J connectivity index is 1.07. The van der Waals surface area contributed by atoms with Crippen LogP contribution in [-0.2, 0) is 10.8 Å². The molecule has 0 aromatic heterocycles. The third-order valence-electron chi connectivity index (χ3n) is 14.4. The van der Waals surface area contributed by atoms with E-state index in [1.165, 1.54) is 132 Å². The summed E-state index contributed by atoms with van der Waals surface area (Å²) < 4.78 is 0. The minimum atomic E-state index is -0.141. The van der Waals surface area contributed by atoms with Crippen LogP contribution in [0, 0.1) is 0 Å². The molecule has 3 aliphatic carbocycles. The van der Waals surface area contributed by atoms with Gasteiger partial charge in [0.05, 0.1) is 5.69 Å². The molecular weight excluding hydrogens is 723 g/mol. The van der Waals surface area contributed by atoms with Crippen molar-refractivity contribution in [1.29, 1.82) is 0 Å². The molecule has 9 aromatic carbocycles. The summed E-state index contributed by atoms with van der Waals surface area (Å²) in [5.41, 5.74) is 19.8. The average molecular weight is 770 g/mol. The van der Waals surface area contributed by atoms with Crippen molar-refractivity contribution in [2.45, 2.75) is 56.8 Å². The molecule has 0 aliphatic heterocycles. The van der Waals surface area contributed by atoms with Gasteiger partial charge in [-0.1, -0.05) is 185 Å². The molecular formula is C59H47N. The second-order valence-corrected chi connectivity index (χ2v) is 17.9. The average Bonchev–Trinajstić information content (AvgIpc) is 3.71. The van der Waals surface area contributed by atoms with E-state index in [4.69, 9.17) is 0 Å². The molecule has 0 bridgehead atoms. The molecule has 288 valence electrons. The predicted octanol–water partition coefficient (Wildman–Crippen LogP) is 16.3. The summed E-state index contributed by atoms with van der Waals surface area (Å²) >= 11 is 0. The molecule has 1 nitrogen and oxygen atoms in total. The van der Waals surface area contributed by atoms with Crippen LogP contribution >= 0.6 is 0 Å². The Bertz CT molecular complexity index is 3160. The fourth-order valence-corrected chi connectivity index (χ4v) is 11.8. The second kappa shape index (κ2) is 13.4. The van der Waals surface area contributed by atoms with E-state index >= 15 is 0 Å². The van der Waals surface area contributed by atoms with E-state index in [2.05, 4.69) is 207 Å². The predicted molar refractivity (Wildman–Crippen MR) is 254 cm³/mol. The number of rotatable bonds is 5. The van der Waals surface area contributed by atoms with Crippen LogP contribution in [0.1, 0.15) is 68.2 Å². The monoisotopic (exact) mass is 769 g/mol. The van der Waals surface area contributed by atoms with Gasteiger partial charge >= 0.3 is 0 Å². The SMILES string of the molecule is CC1(C)c2ccccc2-c2cccc(-c3ccccc3N(c3ccc(-c4cc5ccccc5c5ccccc45)cc3)c3ccc4c(c3)C3(CCCCC3)c3ccccc3-4)c21. The lowest BCUT2D eigenvalue weighted by Crippen LogP contribution is -2.28. The maximum Gasteiger partial charge on any atom is 0.0540 e. The van der Waals surface area contributed by atoms with Gasteiger partial charge in [0.25, 0.3) is 0 Å². The first-order chi connectivity index (χ1) is 29.5. The van der Waals surface area contributed by atoms with Crippen molar-refractivity contribution in [2.24, 2.45) is 0 Å². The van der Waals surface area contributed by atoms with Crippen molar-refractivity contribution in [1.82, 2.24) is 0 Å². The molecule has 12 rings (SSSR count). The number of hydrogen-bond donors (Lipinski definition) is 0. The molecule has 0 amide bonds. The Morgan fingerprint density at radius 1 is 0.383 bits per heavy atom. The molecule has 0 saturated heterocycles. The number of para-hydroxylation sites is 1. The number of anilines is 3. The molecule has 1 fully saturated rings. The van der Waals surface area contributed by atoms with Gasteiger partial charge in [-0.2, -0.15) is 0 Å². The lowest BCUT2D eigenvalue weighted by Gasteiger charge is -2.37. The zero-order chi connectivity index (χ0) is 40.0. The van der Waals surface area contributed by atoms with Gasteiger partial charge in [-0.3, -0.25) is 0 Å². The molecule has 0 atom stereocenters. The highest BCUT2D eigenvalue weighted by Gasteiger charge is 2.44. The first-order valence-corrected chi connectivity index (χ1v) is 21.9. The van der Waals surface area contributed by atoms with E-state index in [1.54, 1.807) is 0 Å². The zero-order valence-corrected chi connectivity index (χ0v) is 34.4. The Hall–Kier alpha value is -6.70. The highest BCUT2D eigenvalue weighted by molar-refractivity contribution is 6.13. The molecule has 0 unspecified atom stereocenters. The quantitative estimate of drug-likeness (QED) is 0.158. The van der Waals surface area contributed by atoms with Crippen molar-refractivity contribution in [3.8, 4) is 44.5 Å². The van der Waals surface area contributed by atoms with Crippen molar-refractivity contribution in [3.05, 3.63) is 210 Å². The molecule has 1 heteroatoms. The fourth-order valence-electron chi connectivity index (χ4n) is 11.8. The van der Waals surface area contributed by atoms with Crippen molar-refractivity contribution in [3.63, 3.8) is 0 Å². The summed E-state index contributed by atoms with van der Waals surface area (Å²) in [7, 11) is 0. The van der Waals surface area contributed by atoms with Crippen LogP contribution in [0.5, 0.6) is 0 Å². The van der Waals surface area contributed by atoms with Crippen LogP contribution in [0.3, 0.4) is 0 Å². The molecule has 3 aliphatic rings. The maximum atomic E-state index is 2.57. The summed E-state index contributed by atoms with van der Waals surface area (Å²) in [6.45, 7) is 4.80. The molecule has 0 heterocycles. The van der Waals surface area contributed by atoms with Crippen LogP contribution in [-0.4, -0.2) is 0 Å². The van der Waals surface area contributed by atoms with E-state index in [0.717, 1.165) is 5.69 Å². The second-order valence-electron chi connectivity index (χ2n) is 17.9. The fraction of sp³-hybridized carbons (Fsp3) is 0.153. The Kier molecular flexibility index (Phi) is 7.88. The third kappa shape index (κ3) is 5.11. The smallest absolute Gasteiger partial charge is 0.0540 e. The van der Waals surface area contributed by atoms with E-state index < -0.39 is 0 Å². The minimum Gasteiger partial charge on any atom is -0.310 e. The van der Waals surface area contributed by atoms with Crippen LogP contribution in [0.2, 0.25) is 0 Å². The lowest BCUT2D eigenvalue weighted by atomic mass is 9.68.